The van der Waals surface area contributed by atoms with Gasteiger partial charge in [0.2, 0.25) is 0 Å². The van der Waals surface area contributed by atoms with Crippen LogP contribution in [0, 0.1) is 5.41 Å². The molecule has 0 radical (unpaired) electrons. The van der Waals surface area contributed by atoms with E-state index in [1.54, 1.807) is 11.9 Å². The van der Waals surface area contributed by atoms with E-state index in [2.05, 4.69) is 5.32 Å². The van der Waals surface area contributed by atoms with Gasteiger partial charge in [-0.2, -0.15) is 0 Å². The summed E-state index contributed by atoms with van der Waals surface area (Å²) in [6.45, 7) is 6.71. The molecule has 0 unspecified atom stereocenters. The van der Waals surface area contributed by atoms with Crippen molar-refractivity contribution < 1.29 is 19.4 Å². The molecule has 110 valence electrons. The van der Waals surface area contributed by atoms with Crippen molar-refractivity contribution in [2.24, 2.45) is 5.41 Å². The fourth-order valence-corrected chi connectivity index (χ4v) is 2.25. The van der Waals surface area contributed by atoms with Crippen LogP contribution in [0.4, 0.5) is 4.79 Å². The van der Waals surface area contributed by atoms with E-state index in [9.17, 15) is 14.7 Å². The van der Waals surface area contributed by atoms with E-state index in [4.69, 9.17) is 4.74 Å². The second-order valence-corrected chi connectivity index (χ2v) is 6.08. The Labute approximate surface area is 114 Å². The number of nitrogens with zero attached hydrogens (tertiary/aromatic N) is 1. The van der Waals surface area contributed by atoms with Crippen LogP contribution in [0.3, 0.4) is 0 Å². The second-order valence-electron chi connectivity index (χ2n) is 6.08. The number of carbonyl (C=O) groups excluding carboxylic acids is 1. The highest BCUT2D eigenvalue weighted by Gasteiger charge is 2.42. The largest absolute Gasteiger partial charge is 0.481 e. The lowest BCUT2D eigenvalue weighted by Crippen LogP contribution is -2.51. The van der Waals surface area contributed by atoms with Gasteiger partial charge < -0.3 is 20.1 Å². The Bertz CT molecular complexity index is 341. The summed E-state index contributed by atoms with van der Waals surface area (Å²) in [4.78, 5) is 24.9. The monoisotopic (exact) mass is 272 g/mol. The normalized spacial score (nSPS) is 19.1. The summed E-state index contributed by atoms with van der Waals surface area (Å²) < 4.78 is 5.29. The van der Waals surface area contributed by atoms with Gasteiger partial charge >= 0.3 is 12.1 Å². The molecular formula is C13H24N2O4. The van der Waals surface area contributed by atoms with Crippen LogP contribution < -0.4 is 5.32 Å². The maximum atomic E-state index is 11.9. The molecule has 1 amide bonds. The number of carbonyl (C=O) groups is 2. The van der Waals surface area contributed by atoms with E-state index < -0.39 is 17.0 Å². The summed E-state index contributed by atoms with van der Waals surface area (Å²) >= 11 is 0. The van der Waals surface area contributed by atoms with Gasteiger partial charge in [-0.15, -0.1) is 0 Å². The smallest absolute Gasteiger partial charge is 0.410 e. The second kappa shape index (κ2) is 5.77. The third-order valence-electron chi connectivity index (χ3n) is 3.34. The molecule has 1 aliphatic rings. The topological polar surface area (TPSA) is 78.9 Å². The van der Waals surface area contributed by atoms with Crippen LogP contribution in [0.15, 0.2) is 0 Å². The number of nitrogens with one attached hydrogen (secondary N) is 1. The van der Waals surface area contributed by atoms with Gasteiger partial charge in [0, 0.05) is 19.6 Å². The number of amides is 1. The first-order valence-electron chi connectivity index (χ1n) is 6.56. The van der Waals surface area contributed by atoms with Crippen LogP contribution in [0.25, 0.3) is 0 Å². The Morgan fingerprint density at radius 2 is 1.84 bits per heavy atom. The molecule has 1 fully saturated rings. The maximum absolute atomic E-state index is 11.9. The molecule has 6 nitrogen and oxygen atoms in total. The molecule has 19 heavy (non-hydrogen) atoms. The summed E-state index contributed by atoms with van der Waals surface area (Å²) in [6.07, 6.45) is 0.529. The number of likely N-dealkylation sites (tertiary alicyclic amines) is 1. The molecule has 0 aromatic heterocycles. The quantitative estimate of drug-likeness (QED) is 0.809. The molecule has 0 spiro atoms. The summed E-state index contributed by atoms with van der Waals surface area (Å²) in [5.41, 5.74) is -1.29. The number of carboxylic acid groups (broad SMARTS) is 1. The number of hydrogen-bond acceptors (Lipinski definition) is 4. The minimum Gasteiger partial charge on any atom is -0.481 e. The first-order valence-corrected chi connectivity index (χ1v) is 6.56. The molecule has 2 N–H and O–H groups in total. The zero-order valence-electron chi connectivity index (χ0n) is 12.2. The van der Waals surface area contributed by atoms with E-state index >= 15 is 0 Å². The predicted octanol–water partition coefficient (Wildman–Crippen LogP) is 1.31. The zero-order chi connectivity index (χ0) is 14.7. The van der Waals surface area contributed by atoms with Crippen LogP contribution in [0.5, 0.6) is 0 Å². The SMILES string of the molecule is CNCC1(C(=O)O)CCN(C(=O)OC(C)(C)C)CC1. The zero-order valence-corrected chi connectivity index (χ0v) is 12.2. The number of rotatable bonds is 3. The van der Waals surface area contributed by atoms with Crippen molar-refractivity contribution in [3.8, 4) is 0 Å². The molecule has 0 atom stereocenters. The Balaban J connectivity index is 2.61. The molecule has 0 aromatic carbocycles. The van der Waals surface area contributed by atoms with Gasteiger partial charge in [-0.1, -0.05) is 0 Å². The summed E-state index contributed by atoms with van der Waals surface area (Å²) in [5, 5.41) is 12.3. The highest BCUT2D eigenvalue weighted by Crippen LogP contribution is 2.31. The van der Waals surface area contributed by atoms with Gasteiger partial charge in [-0.25, -0.2) is 4.79 Å². The van der Waals surface area contributed by atoms with Crippen LogP contribution >= 0.6 is 0 Å². The Morgan fingerprint density at radius 1 is 1.32 bits per heavy atom. The van der Waals surface area contributed by atoms with Gasteiger partial charge in [-0.3, -0.25) is 4.79 Å². The first-order chi connectivity index (χ1) is 8.70. The van der Waals surface area contributed by atoms with Crippen molar-refractivity contribution in [1.82, 2.24) is 10.2 Å². The number of ether oxygens (including phenoxy) is 1. The lowest BCUT2D eigenvalue weighted by molar-refractivity contribution is -0.151. The molecule has 1 saturated heterocycles. The van der Waals surface area contributed by atoms with Crippen molar-refractivity contribution in [3.63, 3.8) is 0 Å². The first kappa shape index (κ1) is 15.8. The van der Waals surface area contributed by atoms with E-state index in [0.29, 0.717) is 32.5 Å². The highest BCUT2D eigenvalue weighted by atomic mass is 16.6. The molecule has 0 aromatic rings. The fourth-order valence-electron chi connectivity index (χ4n) is 2.25. The molecule has 0 bridgehead atoms. The Hall–Kier alpha value is -1.30. The fraction of sp³-hybridized carbons (Fsp3) is 0.846. The average molecular weight is 272 g/mol. The molecule has 1 heterocycles. The number of aliphatic carboxylic acids is 1. The van der Waals surface area contributed by atoms with E-state index in [1.165, 1.54) is 0 Å². The van der Waals surface area contributed by atoms with Gasteiger partial charge in [0.25, 0.3) is 0 Å². The molecular weight excluding hydrogens is 248 g/mol. The lowest BCUT2D eigenvalue weighted by Gasteiger charge is -2.39. The van der Waals surface area contributed by atoms with E-state index in [-0.39, 0.29) is 6.09 Å². The molecule has 6 heteroatoms. The van der Waals surface area contributed by atoms with Crippen LogP contribution in [0.2, 0.25) is 0 Å². The van der Waals surface area contributed by atoms with Gasteiger partial charge in [0.15, 0.2) is 0 Å². The van der Waals surface area contributed by atoms with Gasteiger partial charge in [0.1, 0.15) is 5.60 Å². The average Bonchev–Trinajstić information content (AvgIpc) is 2.27. The predicted molar refractivity (Wildman–Crippen MR) is 71.0 cm³/mol. The Morgan fingerprint density at radius 3 is 2.21 bits per heavy atom. The molecule has 0 saturated carbocycles. The van der Waals surface area contributed by atoms with Crippen molar-refractivity contribution in [3.05, 3.63) is 0 Å². The molecule has 1 aliphatic heterocycles. The van der Waals surface area contributed by atoms with Crippen molar-refractivity contribution in [1.29, 1.82) is 0 Å². The molecule has 0 aliphatic carbocycles. The summed E-state index contributed by atoms with van der Waals surface area (Å²) in [5.74, 6) is -0.800. The third-order valence-corrected chi connectivity index (χ3v) is 3.34. The molecule has 1 rings (SSSR count). The van der Waals surface area contributed by atoms with Crippen LogP contribution in [-0.2, 0) is 9.53 Å². The van der Waals surface area contributed by atoms with Gasteiger partial charge in [0.05, 0.1) is 5.41 Å². The number of hydrogen-bond donors (Lipinski definition) is 2. The maximum Gasteiger partial charge on any atom is 0.410 e. The van der Waals surface area contributed by atoms with E-state index in [0.717, 1.165) is 0 Å². The van der Waals surface area contributed by atoms with Crippen molar-refractivity contribution in [2.75, 3.05) is 26.7 Å². The summed E-state index contributed by atoms with van der Waals surface area (Å²) in [6, 6.07) is 0. The Kier molecular flexibility index (Phi) is 4.79. The van der Waals surface area contributed by atoms with Crippen LogP contribution in [-0.4, -0.2) is 54.4 Å². The minimum absolute atomic E-state index is 0.365. The number of carboxylic acids is 1. The van der Waals surface area contributed by atoms with E-state index in [1.807, 2.05) is 20.8 Å². The van der Waals surface area contributed by atoms with Crippen molar-refractivity contribution >= 4 is 12.1 Å². The third kappa shape index (κ3) is 4.09. The van der Waals surface area contributed by atoms with Gasteiger partial charge in [-0.05, 0) is 40.7 Å². The standard InChI is InChI=1S/C13H24N2O4/c1-12(2,3)19-11(18)15-7-5-13(6-8-15,9-14-4)10(16)17/h14H,5-9H2,1-4H3,(H,16,17). The summed E-state index contributed by atoms with van der Waals surface area (Å²) in [7, 11) is 1.74. The lowest BCUT2D eigenvalue weighted by atomic mass is 9.78. The number of piperidine rings is 1. The van der Waals surface area contributed by atoms with Crippen molar-refractivity contribution in [2.45, 2.75) is 39.2 Å². The highest BCUT2D eigenvalue weighted by molar-refractivity contribution is 5.76. The minimum atomic E-state index is -0.800. The van der Waals surface area contributed by atoms with Crippen LogP contribution in [0.1, 0.15) is 33.6 Å².